The maximum atomic E-state index is 5.09. The van der Waals surface area contributed by atoms with Crippen molar-refractivity contribution in [3.63, 3.8) is 0 Å². The first-order chi connectivity index (χ1) is 4.86. The number of nitrogens with one attached hydrogen (secondary N) is 2. The van der Waals surface area contributed by atoms with Gasteiger partial charge >= 0.3 is 0 Å². The molecule has 1 saturated heterocycles. The lowest BCUT2D eigenvalue weighted by Crippen LogP contribution is -2.51. The Kier molecular flexibility index (Phi) is 3.08. The smallest absolute Gasteiger partial charge is 0.112 e. The molecule has 1 aliphatic rings. The van der Waals surface area contributed by atoms with Gasteiger partial charge in [-0.1, -0.05) is 0 Å². The first-order valence-electron chi connectivity index (χ1n) is 3.39. The Balaban J connectivity index is 2.25. The van der Waals surface area contributed by atoms with Gasteiger partial charge in [0, 0.05) is 27.3 Å². The number of hydrogen-bond donors (Lipinski definition) is 2. The van der Waals surface area contributed by atoms with Gasteiger partial charge in [0.2, 0.25) is 0 Å². The second kappa shape index (κ2) is 3.88. The summed E-state index contributed by atoms with van der Waals surface area (Å²) in [4.78, 5) is 0. The molecule has 1 heterocycles. The van der Waals surface area contributed by atoms with Gasteiger partial charge in [-0.05, 0) is 0 Å². The molecule has 4 nitrogen and oxygen atoms in total. The first-order valence-corrected chi connectivity index (χ1v) is 3.39. The molecule has 0 radical (unpaired) electrons. The standard InChI is InChI=1S/C6H14N2O2/c1-9-5-3-6(10-2)8-4-7-5/h5-8H,3-4H2,1-2H3. The van der Waals surface area contributed by atoms with Crippen molar-refractivity contribution in [1.29, 1.82) is 0 Å². The zero-order valence-corrected chi connectivity index (χ0v) is 6.39. The Morgan fingerprint density at radius 3 is 2.00 bits per heavy atom. The van der Waals surface area contributed by atoms with E-state index in [1.54, 1.807) is 14.2 Å². The van der Waals surface area contributed by atoms with Crippen LogP contribution in [0.2, 0.25) is 0 Å². The van der Waals surface area contributed by atoms with Gasteiger partial charge in [-0.2, -0.15) is 0 Å². The molecule has 0 amide bonds. The molecule has 1 rings (SSSR count). The topological polar surface area (TPSA) is 42.5 Å². The molecule has 0 aliphatic carbocycles. The Morgan fingerprint density at radius 1 is 1.10 bits per heavy atom. The van der Waals surface area contributed by atoms with E-state index in [-0.39, 0.29) is 12.5 Å². The molecule has 1 aliphatic heterocycles. The van der Waals surface area contributed by atoms with Gasteiger partial charge in [0.05, 0.1) is 0 Å². The lowest BCUT2D eigenvalue weighted by Gasteiger charge is -2.29. The Morgan fingerprint density at radius 2 is 1.60 bits per heavy atom. The van der Waals surface area contributed by atoms with Crippen LogP contribution in [0.15, 0.2) is 0 Å². The fourth-order valence-electron chi connectivity index (χ4n) is 1.01. The van der Waals surface area contributed by atoms with Gasteiger partial charge in [-0.15, -0.1) is 0 Å². The monoisotopic (exact) mass is 146 g/mol. The third-order valence-corrected chi connectivity index (χ3v) is 1.66. The Labute approximate surface area is 60.9 Å². The second-order valence-electron chi connectivity index (χ2n) is 2.27. The van der Waals surface area contributed by atoms with Gasteiger partial charge in [0.25, 0.3) is 0 Å². The van der Waals surface area contributed by atoms with Crippen LogP contribution in [-0.2, 0) is 9.47 Å². The van der Waals surface area contributed by atoms with Crippen molar-refractivity contribution in [2.45, 2.75) is 18.9 Å². The van der Waals surface area contributed by atoms with E-state index in [4.69, 9.17) is 9.47 Å². The molecule has 0 spiro atoms. The van der Waals surface area contributed by atoms with Gasteiger partial charge in [0.1, 0.15) is 12.5 Å². The van der Waals surface area contributed by atoms with Crippen LogP contribution in [-0.4, -0.2) is 33.3 Å². The van der Waals surface area contributed by atoms with Crippen LogP contribution in [0.3, 0.4) is 0 Å². The van der Waals surface area contributed by atoms with Gasteiger partial charge in [-0.3, -0.25) is 10.6 Å². The van der Waals surface area contributed by atoms with Crippen molar-refractivity contribution in [1.82, 2.24) is 10.6 Å². The lowest BCUT2D eigenvalue weighted by molar-refractivity contribution is -0.0355. The number of methoxy groups -OCH3 is 2. The molecule has 1 fully saturated rings. The van der Waals surface area contributed by atoms with E-state index < -0.39 is 0 Å². The molecule has 0 bridgehead atoms. The minimum absolute atomic E-state index is 0.131. The highest BCUT2D eigenvalue weighted by Crippen LogP contribution is 2.02. The second-order valence-corrected chi connectivity index (χ2v) is 2.27. The molecular formula is C6H14N2O2. The Hall–Kier alpha value is -0.160. The molecule has 0 aromatic heterocycles. The molecular weight excluding hydrogens is 132 g/mol. The van der Waals surface area contributed by atoms with E-state index in [9.17, 15) is 0 Å². The Bertz CT molecular complexity index is 89.7. The summed E-state index contributed by atoms with van der Waals surface area (Å²) in [7, 11) is 3.38. The minimum Gasteiger partial charge on any atom is -0.366 e. The van der Waals surface area contributed by atoms with Crippen LogP contribution >= 0.6 is 0 Å². The van der Waals surface area contributed by atoms with Crippen molar-refractivity contribution >= 4 is 0 Å². The molecule has 10 heavy (non-hydrogen) atoms. The van der Waals surface area contributed by atoms with Gasteiger partial charge < -0.3 is 9.47 Å². The van der Waals surface area contributed by atoms with E-state index in [0.29, 0.717) is 0 Å². The molecule has 0 aromatic rings. The molecule has 60 valence electrons. The molecule has 0 saturated carbocycles. The van der Waals surface area contributed by atoms with Crippen molar-refractivity contribution in [2.75, 3.05) is 20.9 Å². The zero-order chi connectivity index (χ0) is 7.40. The van der Waals surface area contributed by atoms with Crippen LogP contribution in [0.5, 0.6) is 0 Å². The van der Waals surface area contributed by atoms with E-state index in [0.717, 1.165) is 13.1 Å². The average Bonchev–Trinajstić information content (AvgIpc) is 2.05. The quantitative estimate of drug-likeness (QED) is 0.549. The molecule has 2 N–H and O–H groups in total. The molecule has 2 unspecified atom stereocenters. The van der Waals surface area contributed by atoms with E-state index in [1.807, 2.05) is 0 Å². The number of hydrogen-bond acceptors (Lipinski definition) is 4. The van der Waals surface area contributed by atoms with Gasteiger partial charge in [0.15, 0.2) is 0 Å². The predicted molar refractivity (Wildman–Crippen MR) is 37.3 cm³/mol. The van der Waals surface area contributed by atoms with Crippen LogP contribution in [0.4, 0.5) is 0 Å². The van der Waals surface area contributed by atoms with Crippen LogP contribution in [0.1, 0.15) is 6.42 Å². The fourth-order valence-corrected chi connectivity index (χ4v) is 1.01. The summed E-state index contributed by atoms with van der Waals surface area (Å²) in [5, 5.41) is 6.24. The van der Waals surface area contributed by atoms with E-state index >= 15 is 0 Å². The summed E-state index contributed by atoms with van der Waals surface area (Å²) in [5.74, 6) is 0. The fraction of sp³-hybridized carbons (Fsp3) is 1.00. The SMILES string of the molecule is COC1CC(OC)NCN1. The van der Waals surface area contributed by atoms with Crippen molar-refractivity contribution in [2.24, 2.45) is 0 Å². The zero-order valence-electron chi connectivity index (χ0n) is 6.39. The average molecular weight is 146 g/mol. The largest absolute Gasteiger partial charge is 0.366 e. The summed E-state index contributed by atoms with van der Waals surface area (Å²) in [6, 6.07) is 0. The highest BCUT2D eigenvalue weighted by atomic mass is 16.5. The van der Waals surface area contributed by atoms with Crippen LogP contribution < -0.4 is 10.6 Å². The van der Waals surface area contributed by atoms with E-state index in [2.05, 4.69) is 10.6 Å². The summed E-state index contributed by atoms with van der Waals surface area (Å²) in [6.07, 6.45) is 1.12. The summed E-state index contributed by atoms with van der Waals surface area (Å²) in [6.45, 7) is 0.747. The summed E-state index contributed by atoms with van der Waals surface area (Å²) >= 11 is 0. The summed E-state index contributed by atoms with van der Waals surface area (Å²) in [5.41, 5.74) is 0. The normalized spacial score (nSPS) is 34.2. The van der Waals surface area contributed by atoms with Gasteiger partial charge in [-0.25, -0.2) is 0 Å². The van der Waals surface area contributed by atoms with E-state index in [1.165, 1.54) is 0 Å². The maximum absolute atomic E-state index is 5.09. The third-order valence-electron chi connectivity index (χ3n) is 1.66. The third kappa shape index (κ3) is 1.91. The van der Waals surface area contributed by atoms with Crippen molar-refractivity contribution < 1.29 is 9.47 Å². The molecule has 4 heteroatoms. The predicted octanol–water partition coefficient (Wildman–Crippen LogP) is -0.528. The van der Waals surface area contributed by atoms with Crippen molar-refractivity contribution in [3.8, 4) is 0 Å². The van der Waals surface area contributed by atoms with Crippen LogP contribution in [0, 0.1) is 0 Å². The lowest BCUT2D eigenvalue weighted by atomic mass is 10.3. The highest BCUT2D eigenvalue weighted by molar-refractivity contribution is 4.67. The number of rotatable bonds is 2. The highest BCUT2D eigenvalue weighted by Gasteiger charge is 2.18. The maximum Gasteiger partial charge on any atom is 0.112 e. The molecule has 2 atom stereocenters. The van der Waals surface area contributed by atoms with Crippen molar-refractivity contribution in [3.05, 3.63) is 0 Å². The minimum atomic E-state index is 0.131. The molecule has 0 aromatic carbocycles. The first kappa shape index (κ1) is 7.94. The number of ether oxygens (including phenoxy) is 2. The summed E-state index contributed by atoms with van der Waals surface area (Å²) < 4.78 is 10.2. The van der Waals surface area contributed by atoms with Crippen LogP contribution in [0.25, 0.3) is 0 Å².